The number of fused-ring (bicyclic) bond motifs is 2. The number of benzene rings is 3. The first-order chi connectivity index (χ1) is 35.1. The maximum atomic E-state index is 15.0. The third kappa shape index (κ3) is 16.0. The Morgan fingerprint density at radius 1 is 0.573 bits per heavy atom. The highest BCUT2D eigenvalue weighted by Crippen LogP contribution is 2.34. The lowest BCUT2D eigenvalue weighted by molar-refractivity contribution is -0.163. The summed E-state index contributed by atoms with van der Waals surface area (Å²) in [7, 11) is 1.54. The van der Waals surface area contributed by atoms with E-state index in [0.29, 0.717) is 90.3 Å². The van der Waals surface area contributed by atoms with E-state index in [1.165, 1.54) is 13.2 Å². The van der Waals surface area contributed by atoms with E-state index in [4.69, 9.17) is 23.7 Å². The number of methoxy groups -OCH3 is 1. The zero-order valence-corrected chi connectivity index (χ0v) is 46.8. The van der Waals surface area contributed by atoms with Crippen LogP contribution < -0.4 is 4.74 Å². The van der Waals surface area contributed by atoms with Gasteiger partial charge in [-0.2, -0.15) is 0 Å². The van der Waals surface area contributed by atoms with E-state index >= 15 is 0 Å². The topological polar surface area (TPSA) is 134 Å². The average molecular weight is 1040 g/mol. The molecule has 7 rings (SSSR count). The summed E-state index contributed by atoms with van der Waals surface area (Å²) in [6.45, 7) is 27.2. The molecule has 2 aliphatic rings. The molecule has 15 heteroatoms. The molecule has 0 radical (unpaired) electrons. The zero-order chi connectivity index (χ0) is 54.6. The van der Waals surface area contributed by atoms with E-state index in [1.807, 2.05) is 89.2 Å². The Morgan fingerprint density at radius 3 is 1.40 bits per heavy atom. The summed E-state index contributed by atoms with van der Waals surface area (Å²) in [5.41, 5.74) is 2.27. The Kier molecular flexibility index (Phi) is 17.4. The van der Waals surface area contributed by atoms with Crippen LogP contribution in [0.3, 0.4) is 0 Å². The Labute approximate surface area is 443 Å². The molecule has 408 valence electrons. The van der Waals surface area contributed by atoms with Gasteiger partial charge in [0.05, 0.1) is 18.9 Å². The van der Waals surface area contributed by atoms with Gasteiger partial charge in [0.15, 0.2) is 0 Å². The van der Waals surface area contributed by atoms with Gasteiger partial charge < -0.3 is 42.6 Å². The molecule has 2 saturated heterocycles. The van der Waals surface area contributed by atoms with Crippen LogP contribution in [0.25, 0.3) is 21.8 Å². The number of esters is 2. The number of amides is 2. The second kappa shape index (κ2) is 23.0. The van der Waals surface area contributed by atoms with Crippen molar-refractivity contribution in [3.63, 3.8) is 0 Å². The van der Waals surface area contributed by atoms with Crippen LogP contribution in [0.5, 0.6) is 5.75 Å². The highest BCUT2D eigenvalue weighted by atomic mass is 19.1. The summed E-state index contributed by atoms with van der Waals surface area (Å²) in [6, 6.07) is 21.7. The number of hydrogen-bond acceptors (Lipinski definition) is 10. The minimum absolute atomic E-state index is 0.0984. The molecule has 4 atom stereocenters. The molecule has 0 N–H and O–H groups in total. The summed E-state index contributed by atoms with van der Waals surface area (Å²) < 4.78 is 48.3. The summed E-state index contributed by atoms with van der Waals surface area (Å²) in [5, 5.41) is 2.14. The monoisotopic (exact) mass is 1040 g/mol. The number of nitrogens with zero attached hydrogens (tertiary/aromatic N) is 5. The molecule has 4 heterocycles. The standard InChI is InChI=1S/C60H82FN5O9/c1-57(2,3)72-53(67)49(45-20-24-65(38-45)55(69)74-59(7,8)9)32-40-14-16-43-18-22-63(51(43)34-40)28-26-62(37-42-30-47(61)36-48(31-42)71-13)27-29-64-23-19-44-17-15-41(35-52(44)64)33-50(54(68)73-58(4,5)6)46-21-25-66(39-46)56(70)75-60(10,11)12/h14-19,22-23,30-31,34-36,45-46,49-50H,20-21,24-29,32-33,37-39H2,1-13H3/t45-,46-,49-,50-/m0/s1. The number of aromatic nitrogens is 2. The normalized spacial score (nSPS) is 17.4. The van der Waals surface area contributed by atoms with Crippen molar-refractivity contribution in [3.8, 4) is 5.75 Å². The lowest BCUT2D eigenvalue weighted by Gasteiger charge is -2.28. The Hall–Kier alpha value is -6.09. The minimum atomic E-state index is -0.672. The molecule has 0 saturated carbocycles. The Balaban J connectivity index is 1.10. The number of carbonyl (C=O) groups excluding carboxylic acids is 4. The fraction of sp³-hybridized carbons (Fsp3) is 0.567. The van der Waals surface area contributed by atoms with Crippen LogP contribution in [0.1, 0.15) is 113 Å². The molecule has 75 heavy (non-hydrogen) atoms. The van der Waals surface area contributed by atoms with E-state index < -0.39 is 34.2 Å². The van der Waals surface area contributed by atoms with Crippen molar-refractivity contribution in [3.05, 3.63) is 102 Å². The van der Waals surface area contributed by atoms with Crippen LogP contribution >= 0.6 is 0 Å². The molecule has 2 aliphatic heterocycles. The van der Waals surface area contributed by atoms with Gasteiger partial charge in [-0.3, -0.25) is 14.5 Å². The number of likely N-dealkylation sites (tertiary alicyclic amines) is 2. The molecule has 2 fully saturated rings. The van der Waals surface area contributed by atoms with Crippen LogP contribution in [0, 0.1) is 29.5 Å². The van der Waals surface area contributed by atoms with Gasteiger partial charge in [-0.15, -0.1) is 0 Å². The average Bonchev–Trinajstić information content (AvgIpc) is 4.13. The molecule has 2 amide bonds. The maximum absolute atomic E-state index is 15.0. The first-order valence-electron chi connectivity index (χ1n) is 26.7. The van der Waals surface area contributed by atoms with Crippen molar-refractivity contribution in [1.29, 1.82) is 0 Å². The van der Waals surface area contributed by atoms with Crippen molar-refractivity contribution in [2.24, 2.45) is 23.7 Å². The number of hydrogen-bond donors (Lipinski definition) is 0. The first kappa shape index (κ1) is 56.6. The fourth-order valence-electron chi connectivity index (χ4n) is 10.3. The molecular formula is C60H82FN5O9. The number of carbonyl (C=O) groups is 4. The van der Waals surface area contributed by atoms with Gasteiger partial charge in [-0.05, 0) is 184 Å². The number of rotatable bonds is 17. The molecule has 0 bridgehead atoms. The van der Waals surface area contributed by atoms with Crippen molar-refractivity contribution in [2.45, 2.75) is 151 Å². The van der Waals surface area contributed by atoms with E-state index in [9.17, 15) is 23.6 Å². The lowest BCUT2D eigenvalue weighted by atomic mass is 9.85. The van der Waals surface area contributed by atoms with Gasteiger partial charge in [0.25, 0.3) is 0 Å². The fourth-order valence-corrected chi connectivity index (χ4v) is 10.3. The smallest absolute Gasteiger partial charge is 0.410 e. The summed E-state index contributed by atoms with van der Waals surface area (Å²) in [5.74, 6) is -1.58. The quantitative estimate of drug-likeness (QED) is 0.0654. The summed E-state index contributed by atoms with van der Waals surface area (Å²) in [4.78, 5) is 59.8. The second-order valence-corrected chi connectivity index (χ2v) is 24.7. The van der Waals surface area contributed by atoms with Crippen LogP contribution in [-0.4, -0.2) is 117 Å². The third-order valence-electron chi connectivity index (χ3n) is 13.8. The van der Waals surface area contributed by atoms with Gasteiger partial charge >= 0.3 is 24.1 Å². The van der Waals surface area contributed by atoms with E-state index in [1.54, 1.807) is 15.9 Å². The predicted molar refractivity (Wildman–Crippen MR) is 290 cm³/mol. The summed E-state index contributed by atoms with van der Waals surface area (Å²) >= 11 is 0. The molecular weight excluding hydrogens is 954 g/mol. The van der Waals surface area contributed by atoms with Crippen LogP contribution in [0.4, 0.5) is 14.0 Å². The molecule has 14 nitrogen and oxygen atoms in total. The highest BCUT2D eigenvalue weighted by molar-refractivity contribution is 5.82. The molecule has 2 aromatic heterocycles. The largest absolute Gasteiger partial charge is 0.497 e. The molecule has 0 unspecified atom stereocenters. The minimum Gasteiger partial charge on any atom is -0.497 e. The van der Waals surface area contributed by atoms with Gasteiger partial charge in [-0.1, -0.05) is 24.3 Å². The van der Waals surface area contributed by atoms with Crippen LogP contribution in [0.2, 0.25) is 0 Å². The van der Waals surface area contributed by atoms with Crippen molar-refractivity contribution in [1.82, 2.24) is 23.8 Å². The van der Waals surface area contributed by atoms with E-state index in [0.717, 1.165) is 38.5 Å². The summed E-state index contributed by atoms with van der Waals surface area (Å²) in [6.07, 6.45) is 5.68. The van der Waals surface area contributed by atoms with Crippen molar-refractivity contribution in [2.75, 3.05) is 46.4 Å². The number of ether oxygens (including phenoxy) is 5. The zero-order valence-electron chi connectivity index (χ0n) is 46.8. The van der Waals surface area contributed by atoms with Crippen LogP contribution in [0.15, 0.2) is 79.1 Å². The van der Waals surface area contributed by atoms with Crippen molar-refractivity contribution < 1.29 is 47.3 Å². The molecule has 0 aliphatic carbocycles. The Morgan fingerprint density at radius 2 is 1.00 bits per heavy atom. The van der Waals surface area contributed by atoms with E-state index in [-0.39, 0.29) is 41.8 Å². The van der Waals surface area contributed by atoms with E-state index in [2.05, 4.69) is 75.0 Å². The first-order valence-corrected chi connectivity index (χ1v) is 26.7. The third-order valence-corrected chi connectivity index (χ3v) is 13.8. The van der Waals surface area contributed by atoms with Crippen LogP contribution in [-0.2, 0) is 61.0 Å². The lowest BCUT2D eigenvalue weighted by Crippen LogP contribution is -2.38. The SMILES string of the molecule is COc1cc(F)cc(CN(CCn2ccc3ccc(C[C@H](C(=O)OC(C)(C)C)[C@H]4CCN(C(=O)OC(C)(C)C)C4)cc32)CCn2ccc3ccc(C[C@H](C(=O)OC(C)(C)C)[C@H]4CCN(C(=O)OC(C)(C)C)C4)cc32)c1. The molecule has 3 aromatic carbocycles. The van der Waals surface area contributed by atoms with Gasteiger partial charge in [0.1, 0.15) is 34.0 Å². The predicted octanol–water partition coefficient (Wildman–Crippen LogP) is 11.5. The van der Waals surface area contributed by atoms with Gasteiger partial charge in [-0.25, -0.2) is 14.0 Å². The van der Waals surface area contributed by atoms with Crippen molar-refractivity contribution >= 4 is 45.9 Å². The van der Waals surface area contributed by atoms with Gasteiger partial charge in [0.2, 0.25) is 0 Å². The molecule has 0 spiro atoms. The van der Waals surface area contributed by atoms with Gasteiger partial charge in [0, 0.05) is 88.4 Å². The second-order valence-electron chi connectivity index (χ2n) is 24.7. The Bertz CT molecular complexity index is 2650. The molecule has 5 aromatic rings. The highest BCUT2D eigenvalue weighted by Gasteiger charge is 2.41. The number of halogens is 1. The maximum Gasteiger partial charge on any atom is 0.410 e.